The molecule has 0 aromatic carbocycles. The lowest BCUT2D eigenvalue weighted by Crippen LogP contribution is -1.99. The first-order valence-electron chi connectivity index (χ1n) is 3.80. The van der Waals surface area contributed by atoms with Crippen molar-refractivity contribution in [1.82, 2.24) is 4.98 Å². The van der Waals surface area contributed by atoms with Gasteiger partial charge >= 0.3 is 0 Å². The maximum Gasteiger partial charge on any atom is 0.165 e. The van der Waals surface area contributed by atoms with Gasteiger partial charge in [0.2, 0.25) is 0 Å². The minimum Gasteiger partial charge on any atom is -0.382 e. The maximum atomic E-state index is 7.58. The summed E-state index contributed by atoms with van der Waals surface area (Å²) in [6.07, 6.45) is 0. The second kappa shape index (κ2) is 2.78. The molecular formula is C8H9N3S2. The van der Waals surface area contributed by atoms with Crippen molar-refractivity contribution in [3.8, 4) is 0 Å². The van der Waals surface area contributed by atoms with E-state index in [1.54, 1.807) is 22.7 Å². The number of nitrogens with one attached hydrogen (secondary N) is 1. The van der Waals surface area contributed by atoms with E-state index in [0.717, 1.165) is 9.06 Å². The summed E-state index contributed by atoms with van der Waals surface area (Å²) in [5.74, 6) is 0.490. The molecule has 0 aromatic heterocycles. The highest BCUT2D eigenvalue weighted by Crippen LogP contribution is 2.21. The van der Waals surface area contributed by atoms with E-state index in [1.807, 2.05) is 0 Å². The van der Waals surface area contributed by atoms with Crippen LogP contribution in [0.15, 0.2) is 0 Å². The van der Waals surface area contributed by atoms with Crippen LogP contribution in [0, 0.1) is 28.3 Å². The molecule has 2 heterocycles. The molecule has 0 saturated carbocycles. The monoisotopic (exact) mass is 211 g/mol. The van der Waals surface area contributed by atoms with Crippen LogP contribution in [0.4, 0.5) is 5.82 Å². The standard InChI is InChI=1S/C8H9N3S2/c1-3-4(2)13-6-5(12-3)7(9)11-8(6)10/h1-2H3,(H3,9,10,11). The molecule has 5 heteroatoms. The van der Waals surface area contributed by atoms with Gasteiger partial charge in [-0.15, -0.1) is 22.7 Å². The zero-order chi connectivity index (χ0) is 9.59. The number of aromatic nitrogens is 1. The third-order valence-electron chi connectivity index (χ3n) is 1.89. The van der Waals surface area contributed by atoms with Crippen molar-refractivity contribution >= 4 is 28.5 Å². The number of nitrogens with zero attached hydrogens (tertiary/aromatic N) is 1. The van der Waals surface area contributed by atoms with Gasteiger partial charge in [-0.3, -0.25) is 5.41 Å². The summed E-state index contributed by atoms with van der Waals surface area (Å²) in [6, 6.07) is 0. The van der Waals surface area contributed by atoms with Crippen LogP contribution >= 0.6 is 22.7 Å². The zero-order valence-electron chi connectivity index (χ0n) is 7.34. The Morgan fingerprint density at radius 1 is 1.15 bits per heavy atom. The van der Waals surface area contributed by atoms with E-state index < -0.39 is 0 Å². The Hall–Kier alpha value is -0.940. The van der Waals surface area contributed by atoms with Gasteiger partial charge in [0.1, 0.15) is 5.82 Å². The molecule has 68 valence electrons. The van der Waals surface area contributed by atoms with Gasteiger partial charge in [-0.25, -0.2) is 4.98 Å². The van der Waals surface area contributed by atoms with Crippen LogP contribution in [0.2, 0.25) is 0 Å². The lowest BCUT2D eigenvalue weighted by molar-refractivity contribution is 1.14. The summed E-state index contributed by atoms with van der Waals surface area (Å²) < 4.78 is 1.86. The van der Waals surface area contributed by atoms with Gasteiger partial charge in [0.05, 0.1) is 9.06 Å². The molecule has 3 N–H and O–H groups in total. The third kappa shape index (κ3) is 1.24. The summed E-state index contributed by atoms with van der Waals surface area (Å²) in [5, 5.41) is 7.58. The molecule has 0 unspecified atom stereocenters. The molecular weight excluding hydrogens is 202 g/mol. The molecule has 0 aromatic rings. The fraction of sp³-hybridized carbons (Fsp3) is 0.250. The molecule has 13 heavy (non-hydrogen) atoms. The summed E-state index contributed by atoms with van der Waals surface area (Å²) in [7, 11) is 0. The number of nitrogens with two attached hydrogens (primary N) is 1. The van der Waals surface area contributed by atoms with E-state index in [2.05, 4.69) is 18.8 Å². The van der Waals surface area contributed by atoms with Gasteiger partial charge in [-0.1, -0.05) is 0 Å². The van der Waals surface area contributed by atoms with Crippen molar-refractivity contribution < 1.29 is 0 Å². The van der Waals surface area contributed by atoms with E-state index in [0.29, 0.717) is 11.3 Å². The van der Waals surface area contributed by atoms with Gasteiger partial charge in [-0.2, -0.15) is 0 Å². The van der Waals surface area contributed by atoms with Crippen molar-refractivity contribution in [2.45, 2.75) is 13.8 Å². The Balaban J connectivity index is 3.10. The van der Waals surface area contributed by atoms with Gasteiger partial charge in [0, 0.05) is 9.75 Å². The van der Waals surface area contributed by atoms with Gasteiger partial charge in [0.25, 0.3) is 0 Å². The fourth-order valence-electron chi connectivity index (χ4n) is 1.09. The number of hydrogen-bond donors (Lipinski definition) is 2. The molecule has 2 aliphatic heterocycles. The summed E-state index contributed by atoms with van der Waals surface area (Å²) in [4.78, 5) is 6.42. The van der Waals surface area contributed by atoms with Crippen LogP contribution in [-0.4, -0.2) is 4.98 Å². The molecule has 0 fully saturated rings. The van der Waals surface area contributed by atoms with Crippen molar-refractivity contribution in [1.29, 1.82) is 5.41 Å². The molecule has 2 rings (SSSR count). The summed E-state index contributed by atoms with van der Waals surface area (Å²) >= 11 is 3.21. The Kier molecular flexibility index (Phi) is 1.85. The second-order valence-electron chi connectivity index (χ2n) is 2.82. The highest BCUT2D eigenvalue weighted by molar-refractivity contribution is 7.17. The van der Waals surface area contributed by atoms with Crippen molar-refractivity contribution in [2.75, 3.05) is 5.73 Å². The average Bonchev–Trinajstić information content (AvgIpc) is 2.31. The molecule has 0 spiro atoms. The van der Waals surface area contributed by atoms with E-state index in [1.165, 1.54) is 9.75 Å². The minimum atomic E-state index is 0.303. The lowest BCUT2D eigenvalue weighted by Gasteiger charge is -1.94. The van der Waals surface area contributed by atoms with Crippen molar-refractivity contribution in [3.63, 3.8) is 0 Å². The lowest BCUT2D eigenvalue weighted by atomic mass is 10.5. The topological polar surface area (TPSA) is 62.8 Å². The molecule has 0 bridgehead atoms. The van der Waals surface area contributed by atoms with Crippen molar-refractivity contribution in [2.24, 2.45) is 0 Å². The minimum absolute atomic E-state index is 0.303. The Labute approximate surface area is 83.0 Å². The third-order valence-corrected chi connectivity index (χ3v) is 4.59. The van der Waals surface area contributed by atoms with Crippen molar-refractivity contribution in [3.05, 3.63) is 24.3 Å². The molecule has 0 aliphatic carbocycles. The first-order valence-corrected chi connectivity index (χ1v) is 5.44. The molecule has 2 aliphatic rings. The number of anilines is 1. The highest BCUT2D eigenvalue weighted by atomic mass is 32.1. The highest BCUT2D eigenvalue weighted by Gasteiger charge is 2.04. The second-order valence-corrected chi connectivity index (χ2v) is 5.27. The Morgan fingerprint density at radius 2 is 1.69 bits per heavy atom. The number of nitrogen functional groups attached to an aromatic ring is 1. The van der Waals surface area contributed by atoms with Crippen LogP contribution in [0.1, 0.15) is 9.75 Å². The Morgan fingerprint density at radius 3 is 2.31 bits per heavy atom. The number of aryl methyl sites for hydroxylation is 2. The molecule has 0 amide bonds. The summed E-state index contributed by atoms with van der Waals surface area (Å²) in [6.45, 7) is 4.12. The predicted octanol–water partition coefficient (Wildman–Crippen LogP) is 1.61. The smallest absolute Gasteiger partial charge is 0.165 e. The van der Waals surface area contributed by atoms with E-state index in [-0.39, 0.29) is 0 Å². The van der Waals surface area contributed by atoms with Crippen LogP contribution < -0.4 is 11.2 Å². The number of hydrogen-bond acceptors (Lipinski definition) is 5. The SMILES string of the molecule is Cc1sc2c(N)nc(=N)c=2sc1C. The van der Waals surface area contributed by atoms with Gasteiger partial charge < -0.3 is 5.73 Å². The first-order chi connectivity index (χ1) is 6.09. The van der Waals surface area contributed by atoms with Gasteiger partial charge in [-0.05, 0) is 13.8 Å². The van der Waals surface area contributed by atoms with Crippen LogP contribution in [-0.2, 0) is 0 Å². The van der Waals surface area contributed by atoms with Crippen LogP contribution in [0.25, 0.3) is 0 Å². The van der Waals surface area contributed by atoms with Gasteiger partial charge in [0.15, 0.2) is 5.49 Å². The van der Waals surface area contributed by atoms with Crippen LogP contribution in [0.5, 0.6) is 0 Å². The Bertz CT molecular complexity index is 566. The van der Waals surface area contributed by atoms with E-state index in [9.17, 15) is 0 Å². The normalized spacial score (nSPS) is 10.9. The molecule has 0 atom stereocenters. The van der Waals surface area contributed by atoms with E-state index >= 15 is 0 Å². The fourth-order valence-corrected chi connectivity index (χ4v) is 3.17. The largest absolute Gasteiger partial charge is 0.382 e. The number of rotatable bonds is 0. The predicted molar refractivity (Wildman–Crippen MR) is 55.0 cm³/mol. The summed E-state index contributed by atoms with van der Waals surface area (Å²) in [5.41, 5.74) is 5.98. The zero-order valence-corrected chi connectivity index (χ0v) is 8.97. The first kappa shape index (κ1) is 8.65. The maximum absolute atomic E-state index is 7.58. The molecule has 0 saturated heterocycles. The molecule has 0 radical (unpaired) electrons. The average molecular weight is 211 g/mol. The molecule has 3 nitrogen and oxygen atoms in total. The quantitative estimate of drug-likeness (QED) is 0.695. The van der Waals surface area contributed by atoms with Crippen LogP contribution in [0.3, 0.4) is 0 Å². The van der Waals surface area contributed by atoms with E-state index in [4.69, 9.17) is 11.1 Å².